The summed E-state index contributed by atoms with van der Waals surface area (Å²) in [7, 11) is -1.81. The van der Waals surface area contributed by atoms with Crippen LogP contribution in [-0.2, 0) is 18.6 Å². The molecule has 1 aliphatic heterocycles. The summed E-state index contributed by atoms with van der Waals surface area (Å²) in [6.07, 6.45) is 1.21. The van der Waals surface area contributed by atoms with E-state index in [0.717, 1.165) is 12.2 Å². The first-order chi connectivity index (χ1) is 15.7. The molecular weight excluding hydrogens is 492 g/mol. The van der Waals surface area contributed by atoms with Gasteiger partial charge in [0.05, 0.1) is 25.4 Å². The molecule has 0 radical (unpaired) electrons. The summed E-state index contributed by atoms with van der Waals surface area (Å²) in [4.78, 5) is 8.91. The van der Waals surface area contributed by atoms with Gasteiger partial charge in [0.2, 0.25) is 0 Å². The maximum absolute atomic E-state index is 6.30. The van der Waals surface area contributed by atoms with Gasteiger partial charge in [-0.3, -0.25) is 0 Å². The molecule has 3 rings (SSSR count). The van der Waals surface area contributed by atoms with Crippen LogP contribution in [0, 0.1) is 0 Å². The second-order valence-corrected chi connectivity index (χ2v) is 17.2. The Labute approximate surface area is 214 Å². The Hall–Kier alpha value is -0.623. The number of ether oxygens (including phenoxy) is 3. The lowest BCUT2D eigenvalue weighted by Crippen LogP contribution is -2.42. The van der Waals surface area contributed by atoms with E-state index in [4.69, 9.17) is 36.0 Å². The highest BCUT2D eigenvalue weighted by Gasteiger charge is 2.55. The fourth-order valence-electron chi connectivity index (χ4n) is 3.92. The molecule has 0 aromatic carbocycles. The minimum absolute atomic E-state index is 0.0876. The molecule has 0 spiro atoms. The van der Waals surface area contributed by atoms with E-state index in [9.17, 15) is 0 Å². The van der Waals surface area contributed by atoms with Crippen LogP contribution in [0.3, 0.4) is 0 Å². The van der Waals surface area contributed by atoms with E-state index in [1.807, 2.05) is 13.8 Å². The number of nitrogens with zero attached hydrogens (tertiary/aromatic N) is 2. The summed E-state index contributed by atoms with van der Waals surface area (Å²) >= 11 is 7.86. The van der Waals surface area contributed by atoms with Crippen molar-refractivity contribution in [2.24, 2.45) is 0 Å². The van der Waals surface area contributed by atoms with Gasteiger partial charge in [0, 0.05) is 5.75 Å². The first-order valence-corrected chi connectivity index (χ1v) is 16.3. The van der Waals surface area contributed by atoms with Gasteiger partial charge in [0.25, 0.3) is 0 Å². The Morgan fingerprint density at radius 2 is 1.88 bits per heavy atom. The molecule has 1 aromatic heterocycles. The van der Waals surface area contributed by atoms with Crippen molar-refractivity contribution in [3.63, 3.8) is 0 Å². The van der Waals surface area contributed by atoms with E-state index < -0.39 is 14.1 Å². The Bertz CT molecular complexity index is 855. The van der Waals surface area contributed by atoms with Crippen molar-refractivity contribution in [2.75, 3.05) is 30.0 Å². The summed E-state index contributed by atoms with van der Waals surface area (Å²) in [6, 6.07) is -0.0876. The highest BCUT2D eigenvalue weighted by Crippen LogP contribution is 2.42. The van der Waals surface area contributed by atoms with E-state index >= 15 is 0 Å². The lowest BCUT2D eigenvalue weighted by molar-refractivity contribution is -0.167. The van der Waals surface area contributed by atoms with Crippen molar-refractivity contribution in [3.05, 3.63) is 5.15 Å². The number of nitrogens with one attached hydrogen (secondary N) is 1. The van der Waals surface area contributed by atoms with Crippen LogP contribution in [0.5, 0.6) is 0 Å². The van der Waals surface area contributed by atoms with Gasteiger partial charge in [0.15, 0.2) is 30.2 Å². The van der Waals surface area contributed by atoms with Crippen molar-refractivity contribution >= 4 is 43.2 Å². The Balaban J connectivity index is 1.67. The molecule has 0 amide bonds. The molecular formula is C23H41ClN4O4SSi. The average Bonchev–Trinajstić information content (AvgIpc) is 3.20. The van der Waals surface area contributed by atoms with Gasteiger partial charge < -0.3 is 29.7 Å². The van der Waals surface area contributed by atoms with Crippen molar-refractivity contribution in [1.82, 2.24) is 9.97 Å². The zero-order valence-electron chi connectivity index (χ0n) is 21.7. The van der Waals surface area contributed by atoms with Crippen molar-refractivity contribution in [3.8, 4) is 0 Å². The quantitative estimate of drug-likeness (QED) is 0.136. The molecule has 2 heterocycles. The topological polar surface area (TPSA) is 101 Å². The van der Waals surface area contributed by atoms with Crippen LogP contribution in [0.25, 0.3) is 0 Å². The van der Waals surface area contributed by atoms with Crippen LogP contribution in [-0.4, -0.2) is 67.4 Å². The minimum Gasteiger partial charge on any atom is -0.414 e. The largest absolute Gasteiger partial charge is 0.414 e. The number of aromatic nitrogens is 2. The smallest absolute Gasteiger partial charge is 0.192 e. The third kappa shape index (κ3) is 6.57. The number of fused-ring (bicyclic) bond motifs is 1. The van der Waals surface area contributed by atoms with E-state index in [1.54, 1.807) is 11.8 Å². The van der Waals surface area contributed by atoms with E-state index in [1.165, 1.54) is 0 Å². The summed E-state index contributed by atoms with van der Waals surface area (Å²) in [6.45, 7) is 18.3. The van der Waals surface area contributed by atoms with Crippen LogP contribution >= 0.6 is 23.4 Å². The first-order valence-electron chi connectivity index (χ1n) is 12.1. The normalized spacial score (nSPS) is 26.6. The number of hydrogen-bond acceptors (Lipinski definition) is 9. The molecule has 194 valence electrons. The highest BCUT2D eigenvalue weighted by molar-refractivity contribution is 7.99. The zero-order valence-corrected chi connectivity index (χ0v) is 24.3. The summed E-state index contributed by atoms with van der Waals surface area (Å²) in [5, 5.41) is 4.49. The van der Waals surface area contributed by atoms with Crippen LogP contribution in [0.15, 0.2) is 5.16 Å². The number of rotatable bonds is 10. The van der Waals surface area contributed by atoms with Gasteiger partial charge in [-0.05, 0) is 44.8 Å². The molecule has 1 saturated heterocycles. The highest BCUT2D eigenvalue weighted by atomic mass is 35.5. The standard InChI is InChI=1S/C23H41ClN4O4SSi/c1-9-12-33-21-27-19(24)16(25)20(28-21)26-14-13-15(18-17(14)31-23(5,6)32-18)29-10-11-30-34(7,8)22(2,3)4/h14-15,17-18H,9-13,25H2,1-8H3,(H,26,27,28)/t14-,15+,17+,18-/m0/s1. The maximum Gasteiger partial charge on any atom is 0.192 e. The van der Waals surface area contributed by atoms with Gasteiger partial charge in [-0.1, -0.05) is 51.1 Å². The van der Waals surface area contributed by atoms with E-state index in [-0.39, 0.29) is 34.5 Å². The number of hydrogen-bond donors (Lipinski definition) is 2. The molecule has 4 atom stereocenters. The number of thioether (sulfide) groups is 1. The van der Waals surface area contributed by atoms with Crippen molar-refractivity contribution in [2.45, 2.75) is 108 Å². The Morgan fingerprint density at radius 3 is 2.53 bits per heavy atom. The number of halogens is 1. The Morgan fingerprint density at radius 1 is 1.21 bits per heavy atom. The maximum atomic E-state index is 6.30. The van der Waals surface area contributed by atoms with Crippen molar-refractivity contribution in [1.29, 1.82) is 0 Å². The van der Waals surface area contributed by atoms with Crippen LogP contribution < -0.4 is 11.1 Å². The van der Waals surface area contributed by atoms with Gasteiger partial charge in [-0.2, -0.15) is 0 Å². The fourth-order valence-corrected chi connectivity index (χ4v) is 5.86. The third-order valence-corrected chi connectivity index (χ3v) is 12.6. The number of nitrogens with two attached hydrogens (primary N) is 1. The lowest BCUT2D eigenvalue weighted by atomic mass is 10.2. The summed E-state index contributed by atoms with van der Waals surface area (Å²) < 4.78 is 25.0. The molecule has 8 nitrogen and oxygen atoms in total. The average molecular weight is 533 g/mol. The zero-order chi connectivity index (χ0) is 25.3. The van der Waals surface area contributed by atoms with Crippen molar-refractivity contribution < 1.29 is 18.6 Å². The number of anilines is 2. The molecule has 1 aliphatic carbocycles. The van der Waals surface area contributed by atoms with Gasteiger partial charge in [-0.15, -0.1) is 0 Å². The molecule has 2 aliphatic rings. The molecule has 34 heavy (non-hydrogen) atoms. The summed E-state index contributed by atoms with van der Waals surface area (Å²) in [5.41, 5.74) is 6.55. The lowest BCUT2D eigenvalue weighted by Gasteiger charge is -2.36. The van der Waals surface area contributed by atoms with Crippen LogP contribution in [0.1, 0.15) is 54.4 Å². The predicted octanol–water partition coefficient (Wildman–Crippen LogP) is 5.33. The molecule has 1 aromatic rings. The number of nitrogen functional groups attached to an aromatic ring is 1. The summed E-state index contributed by atoms with van der Waals surface area (Å²) in [5.74, 6) is 0.746. The van der Waals surface area contributed by atoms with Gasteiger partial charge >= 0.3 is 0 Å². The SMILES string of the molecule is CCCSc1nc(Cl)c(N)c(N[C@H]2C[C@@H](OCCO[Si](C)(C)C(C)(C)C)[C@@H]3OC(C)(C)O[C@@H]32)n1. The molecule has 11 heteroatoms. The molecule has 2 fully saturated rings. The predicted molar refractivity (Wildman–Crippen MR) is 141 cm³/mol. The molecule has 0 bridgehead atoms. The second kappa shape index (κ2) is 10.8. The molecule has 1 saturated carbocycles. The van der Waals surface area contributed by atoms with E-state index in [0.29, 0.717) is 36.3 Å². The Kier molecular flexibility index (Phi) is 8.86. The van der Waals surface area contributed by atoms with Crippen LogP contribution in [0.4, 0.5) is 11.5 Å². The van der Waals surface area contributed by atoms with Gasteiger partial charge in [-0.25, -0.2) is 9.97 Å². The fraction of sp³-hybridized carbons (Fsp3) is 0.826. The second-order valence-electron chi connectivity index (χ2n) is 11.0. The minimum atomic E-state index is -1.81. The third-order valence-electron chi connectivity index (χ3n) is 6.73. The molecule has 3 N–H and O–H groups in total. The van der Waals surface area contributed by atoms with E-state index in [2.05, 4.69) is 56.1 Å². The monoisotopic (exact) mass is 532 g/mol. The molecule has 0 unspecified atom stereocenters. The van der Waals surface area contributed by atoms with Gasteiger partial charge in [0.1, 0.15) is 17.9 Å². The first kappa shape index (κ1) is 28.0. The van der Waals surface area contributed by atoms with Crippen LogP contribution in [0.2, 0.25) is 23.3 Å².